The summed E-state index contributed by atoms with van der Waals surface area (Å²) in [5.41, 5.74) is 0.380. The lowest BCUT2D eigenvalue weighted by Gasteiger charge is -2.02. The molecule has 8 nitrogen and oxygen atoms in total. The molecule has 2 aromatic rings. The molecule has 20 heavy (non-hydrogen) atoms. The molecule has 100 valence electrons. The van der Waals surface area contributed by atoms with E-state index in [0.29, 0.717) is 0 Å². The van der Waals surface area contributed by atoms with E-state index in [1.54, 1.807) is 7.05 Å². The second kappa shape index (κ2) is 5.19. The van der Waals surface area contributed by atoms with Crippen LogP contribution in [-0.2, 0) is 7.05 Å². The monoisotopic (exact) mass is 271 g/mol. The summed E-state index contributed by atoms with van der Waals surface area (Å²) in [7, 11) is 1.63. The number of hydrogen-bond donors (Lipinski definition) is 1. The number of nitrogens with zero attached hydrogens (tertiary/aromatic N) is 4. The first kappa shape index (κ1) is 13.2. The van der Waals surface area contributed by atoms with Crippen LogP contribution in [0.15, 0.2) is 30.5 Å². The summed E-state index contributed by atoms with van der Waals surface area (Å²) in [6.07, 6.45) is 1.48. The molecule has 0 radical (unpaired) electrons. The summed E-state index contributed by atoms with van der Waals surface area (Å²) in [4.78, 5) is 21.9. The average molecular weight is 271 g/mol. The molecule has 0 aliphatic carbocycles. The van der Waals surface area contributed by atoms with E-state index in [1.807, 2.05) is 6.07 Å². The zero-order chi connectivity index (χ0) is 14.7. The number of nitriles is 1. The molecule has 1 heterocycles. The minimum absolute atomic E-state index is 0.0999. The number of benzene rings is 1. The van der Waals surface area contributed by atoms with Gasteiger partial charge in [-0.1, -0.05) is 0 Å². The first-order chi connectivity index (χ1) is 9.51. The summed E-state index contributed by atoms with van der Waals surface area (Å²) in [5.74, 6) is -0.339. The average Bonchev–Trinajstić information content (AvgIpc) is 2.78. The molecule has 0 saturated carbocycles. The third-order valence-corrected chi connectivity index (χ3v) is 2.52. The van der Waals surface area contributed by atoms with E-state index in [-0.39, 0.29) is 22.6 Å². The minimum Gasteiger partial charge on any atom is -0.304 e. The predicted octanol–water partition coefficient (Wildman–Crippen LogP) is 1.45. The van der Waals surface area contributed by atoms with Crippen LogP contribution in [0.1, 0.15) is 15.9 Å². The Morgan fingerprint density at radius 3 is 2.65 bits per heavy atom. The molecular formula is C12H9N5O3. The van der Waals surface area contributed by atoms with Crippen LogP contribution in [0.2, 0.25) is 0 Å². The summed E-state index contributed by atoms with van der Waals surface area (Å²) >= 11 is 0. The number of anilines is 1. The maximum atomic E-state index is 11.9. The number of aromatic nitrogens is 2. The standard InChI is InChI=1S/C12H9N5O3/c1-16-7-9(6-13)11(15-16)14-12(18)8-2-4-10(5-3-8)17(19)20/h2-5,7H,1H3,(H,14,15,18). The summed E-state index contributed by atoms with van der Waals surface area (Å²) < 4.78 is 1.41. The van der Waals surface area contributed by atoms with Gasteiger partial charge in [0, 0.05) is 30.9 Å². The lowest BCUT2D eigenvalue weighted by molar-refractivity contribution is -0.384. The molecule has 0 fully saturated rings. The van der Waals surface area contributed by atoms with Crippen molar-refractivity contribution in [3.63, 3.8) is 0 Å². The maximum Gasteiger partial charge on any atom is 0.269 e. The molecule has 0 spiro atoms. The van der Waals surface area contributed by atoms with Gasteiger partial charge in [0.25, 0.3) is 11.6 Å². The van der Waals surface area contributed by atoms with E-state index in [9.17, 15) is 14.9 Å². The lowest BCUT2D eigenvalue weighted by atomic mass is 10.2. The van der Waals surface area contributed by atoms with Crippen LogP contribution in [0.3, 0.4) is 0 Å². The number of nitro groups is 1. The zero-order valence-corrected chi connectivity index (χ0v) is 10.4. The SMILES string of the molecule is Cn1cc(C#N)c(NC(=O)c2ccc([N+](=O)[O-])cc2)n1. The van der Waals surface area contributed by atoms with E-state index < -0.39 is 10.8 Å². The highest BCUT2D eigenvalue weighted by Gasteiger charge is 2.13. The van der Waals surface area contributed by atoms with Crippen LogP contribution in [0.5, 0.6) is 0 Å². The quantitative estimate of drug-likeness (QED) is 0.670. The van der Waals surface area contributed by atoms with E-state index in [4.69, 9.17) is 5.26 Å². The Morgan fingerprint density at radius 1 is 1.45 bits per heavy atom. The van der Waals surface area contributed by atoms with Crippen molar-refractivity contribution in [1.29, 1.82) is 5.26 Å². The second-order valence-electron chi connectivity index (χ2n) is 3.93. The van der Waals surface area contributed by atoms with Crippen molar-refractivity contribution in [2.24, 2.45) is 7.05 Å². The number of nitro benzene ring substituents is 1. The lowest BCUT2D eigenvalue weighted by Crippen LogP contribution is -2.13. The molecule has 8 heteroatoms. The van der Waals surface area contributed by atoms with Gasteiger partial charge < -0.3 is 5.32 Å². The number of carbonyl (C=O) groups is 1. The third-order valence-electron chi connectivity index (χ3n) is 2.52. The molecule has 0 bridgehead atoms. The smallest absolute Gasteiger partial charge is 0.269 e. The number of nitrogens with one attached hydrogen (secondary N) is 1. The molecule has 2 rings (SSSR count). The van der Waals surface area contributed by atoms with Crippen molar-refractivity contribution in [3.05, 3.63) is 51.7 Å². The molecule has 0 unspecified atom stereocenters. The number of non-ortho nitro benzene ring substituents is 1. The number of aryl methyl sites for hydroxylation is 1. The Morgan fingerprint density at radius 2 is 2.10 bits per heavy atom. The van der Waals surface area contributed by atoms with Crippen LogP contribution < -0.4 is 5.32 Å². The van der Waals surface area contributed by atoms with Crippen molar-refractivity contribution in [3.8, 4) is 6.07 Å². The van der Waals surface area contributed by atoms with Gasteiger partial charge in [0.15, 0.2) is 5.82 Å². The highest BCUT2D eigenvalue weighted by molar-refractivity contribution is 6.04. The van der Waals surface area contributed by atoms with E-state index in [1.165, 1.54) is 35.1 Å². The molecule has 1 aromatic heterocycles. The molecule has 1 N–H and O–H groups in total. The molecule has 0 aliphatic rings. The topological polar surface area (TPSA) is 114 Å². The van der Waals surface area contributed by atoms with Crippen LogP contribution >= 0.6 is 0 Å². The van der Waals surface area contributed by atoms with Crippen molar-refractivity contribution in [2.45, 2.75) is 0 Å². The second-order valence-corrected chi connectivity index (χ2v) is 3.93. The van der Waals surface area contributed by atoms with Gasteiger partial charge in [-0.15, -0.1) is 0 Å². The fourth-order valence-electron chi connectivity index (χ4n) is 1.58. The molecule has 1 amide bonds. The fourth-order valence-corrected chi connectivity index (χ4v) is 1.58. The Kier molecular flexibility index (Phi) is 3.43. The predicted molar refractivity (Wildman–Crippen MR) is 69.0 cm³/mol. The summed E-state index contributed by atoms with van der Waals surface area (Å²) in [6.45, 7) is 0. The van der Waals surface area contributed by atoms with Gasteiger partial charge in [-0.05, 0) is 12.1 Å². The van der Waals surface area contributed by atoms with Crippen molar-refractivity contribution < 1.29 is 9.72 Å². The van der Waals surface area contributed by atoms with E-state index in [2.05, 4.69) is 10.4 Å². The maximum absolute atomic E-state index is 11.9. The van der Waals surface area contributed by atoms with Gasteiger partial charge >= 0.3 is 0 Å². The third kappa shape index (κ3) is 2.62. The fraction of sp³-hybridized carbons (Fsp3) is 0.0833. The van der Waals surface area contributed by atoms with Gasteiger partial charge in [0.1, 0.15) is 11.6 Å². The molecular weight excluding hydrogens is 262 g/mol. The van der Waals surface area contributed by atoms with Crippen LogP contribution in [0, 0.1) is 21.4 Å². The highest BCUT2D eigenvalue weighted by Crippen LogP contribution is 2.15. The largest absolute Gasteiger partial charge is 0.304 e. The highest BCUT2D eigenvalue weighted by atomic mass is 16.6. The van der Waals surface area contributed by atoms with Crippen LogP contribution in [0.25, 0.3) is 0 Å². The van der Waals surface area contributed by atoms with E-state index in [0.717, 1.165) is 0 Å². The van der Waals surface area contributed by atoms with Gasteiger partial charge in [-0.25, -0.2) is 0 Å². The normalized spacial score (nSPS) is 9.80. The number of amides is 1. The molecule has 0 atom stereocenters. The number of hydrogen-bond acceptors (Lipinski definition) is 5. The number of carbonyl (C=O) groups excluding carboxylic acids is 1. The van der Waals surface area contributed by atoms with Gasteiger partial charge in [-0.3, -0.25) is 19.6 Å². The number of rotatable bonds is 3. The van der Waals surface area contributed by atoms with Crippen molar-refractivity contribution in [1.82, 2.24) is 9.78 Å². The molecule has 1 aromatic carbocycles. The van der Waals surface area contributed by atoms with Crippen LogP contribution in [0.4, 0.5) is 11.5 Å². The van der Waals surface area contributed by atoms with Crippen LogP contribution in [-0.4, -0.2) is 20.6 Å². The van der Waals surface area contributed by atoms with Crippen molar-refractivity contribution >= 4 is 17.4 Å². The van der Waals surface area contributed by atoms with Gasteiger partial charge in [-0.2, -0.15) is 10.4 Å². The zero-order valence-electron chi connectivity index (χ0n) is 10.4. The summed E-state index contributed by atoms with van der Waals surface area (Å²) in [6, 6.07) is 7.05. The van der Waals surface area contributed by atoms with E-state index >= 15 is 0 Å². The first-order valence-electron chi connectivity index (χ1n) is 5.51. The summed E-state index contributed by atoms with van der Waals surface area (Å²) in [5, 5.41) is 25.8. The molecule has 0 saturated heterocycles. The Hall–Kier alpha value is -3.21. The van der Waals surface area contributed by atoms with Gasteiger partial charge in [0.2, 0.25) is 0 Å². The Balaban J connectivity index is 2.20. The molecule has 0 aliphatic heterocycles. The van der Waals surface area contributed by atoms with Crippen molar-refractivity contribution in [2.75, 3.05) is 5.32 Å². The first-order valence-corrected chi connectivity index (χ1v) is 5.51. The van der Waals surface area contributed by atoms with Gasteiger partial charge in [0.05, 0.1) is 4.92 Å². The minimum atomic E-state index is -0.547. The Bertz CT molecular complexity index is 712. The Labute approximate surface area is 113 Å².